The highest BCUT2D eigenvalue weighted by Crippen LogP contribution is 2.15. The van der Waals surface area contributed by atoms with E-state index in [1.54, 1.807) is 7.11 Å². The van der Waals surface area contributed by atoms with Crippen molar-refractivity contribution in [3.63, 3.8) is 0 Å². The van der Waals surface area contributed by atoms with E-state index in [0.29, 0.717) is 19.6 Å². The van der Waals surface area contributed by atoms with E-state index in [0.717, 1.165) is 11.3 Å². The maximum atomic E-state index is 11.7. The molecule has 1 amide bonds. The monoisotopic (exact) mass is 278 g/mol. The zero-order valence-electron chi connectivity index (χ0n) is 11.3. The molecule has 0 spiro atoms. The van der Waals surface area contributed by atoms with Gasteiger partial charge in [0, 0.05) is 19.6 Å². The molecule has 1 heterocycles. The topological polar surface area (TPSA) is 78.9 Å². The molecule has 6 nitrogen and oxygen atoms in total. The number of aliphatic carboxylic acids is 1. The van der Waals surface area contributed by atoms with Crippen molar-refractivity contribution < 1.29 is 19.4 Å². The number of hydrogen-bond acceptors (Lipinski definition) is 4. The third-order valence-corrected chi connectivity index (χ3v) is 3.30. The van der Waals surface area contributed by atoms with E-state index in [1.807, 2.05) is 29.2 Å². The Balaban J connectivity index is 1.71. The van der Waals surface area contributed by atoms with Gasteiger partial charge < -0.3 is 15.2 Å². The van der Waals surface area contributed by atoms with Gasteiger partial charge in [0.1, 0.15) is 5.75 Å². The van der Waals surface area contributed by atoms with Crippen LogP contribution in [0.2, 0.25) is 0 Å². The van der Waals surface area contributed by atoms with Crippen LogP contribution in [0.25, 0.3) is 0 Å². The number of amides is 1. The van der Waals surface area contributed by atoms with E-state index < -0.39 is 5.97 Å². The van der Waals surface area contributed by atoms with E-state index in [1.165, 1.54) is 0 Å². The van der Waals surface area contributed by atoms with Crippen LogP contribution in [0.15, 0.2) is 24.3 Å². The van der Waals surface area contributed by atoms with Gasteiger partial charge in [0.05, 0.1) is 19.6 Å². The molecule has 1 saturated heterocycles. The van der Waals surface area contributed by atoms with Crippen LogP contribution >= 0.6 is 0 Å². The van der Waals surface area contributed by atoms with Crippen LogP contribution in [0.4, 0.5) is 0 Å². The van der Waals surface area contributed by atoms with Crippen LogP contribution < -0.4 is 10.1 Å². The number of carboxylic acid groups (broad SMARTS) is 1. The highest BCUT2D eigenvalue weighted by atomic mass is 16.5. The summed E-state index contributed by atoms with van der Waals surface area (Å²) in [5, 5.41) is 11.6. The van der Waals surface area contributed by atoms with Gasteiger partial charge in [0.2, 0.25) is 5.91 Å². The summed E-state index contributed by atoms with van der Waals surface area (Å²) in [6.45, 7) is 1.57. The van der Waals surface area contributed by atoms with E-state index >= 15 is 0 Å². The fraction of sp³-hybridized carbons (Fsp3) is 0.429. The van der Waals surface area contributed by atoms with E-state index in [2.05, 4.69) is 5.32 Å². The lowest BCUT2D eigenvalue weighted by molar-refractivity contribution is -0.148. The molecule has 1 aliphatic rings. The summed E-state index contributed by atoms with van der Waals surface area (Å²) in [5.41, 5.74) is 0.963. The van der Waals surface area contributed by atoms with Gasteiger partial charge in [-0.05, 0) is 17.7 Å². The Labute approximate surface area is 117 Å². The van der Waals surface area contributed by atoms with E-state index in [-0.39, 0.29) is 18.4 Å². The van der Waals surface area contributed by atoms with Gasteiger partial charge >= 0.3 is 5.97 Å². The molecule has 1 aromatic rings. The molecule has 0 saturated carbocycles. The molecule has 0 bridgehead atoms. The van der Waals surface area contributed by atoms with Crippen LogP contribution in [0.3, 0.4) is 0 Å². The van der Waals surface area contributed by atoms with Gasteiger partial charge in [-0.2, -0.15) is 0 Å². The van der Waals surface area contributed by atoms with Crippen molar-refractivity contribution in [2.75, 3.05) is 26.7 Å². The summed E-state index contributed by atoms with van der Waals surface area (Å²) >= 11 is 0. The highest BCUT2D eigenvalue weighted by molar-refractivity contribution is 5.79. The Hall–Kier alpha value is -2.08. The van der Waals surface area contributed by atoms with Crippen molar-refractivity contribution in [2.45, 2.75) is 6.54 Å². The van der Waals surface area contributed by atoms with Gasteiger partial charge in [-0.15, -0.1) is 0 Å². The Kier molecular flexibility index (Phi) is 4.57. The fourth-order valence-electron chi connectivity index (χ4n) is 2.10. The first-order chi connectivity index (χ1) is 9.58. The number of likely N-dealkylation sites (tertiary alicyclic amines) is 1. The van der Waals surface area contributed by atoms with Crippen molar-refractivity contribution in [2.24, 2.45) is 5.92 Å². The normalized spacial score (nSPS) is 15.4. The Morgan fingerprint density at radius 2 is 2.20 bits per heavy atom. The quantitative estimate of drug-likeness (QED) is 0.784. The smallest absolute Gasteiger partial charge is 0.309 e. The summed E-state index contributed by atoms with van der Waals surface area (Å²) in [6, 6.07) is 7.49. The largest absolute Gasteiger partial charge is 0.497 e. The first-order valence-corrected chi connectivity index (χ1v) is 6.43. The minimum atomic E-state index is -0.793. The predicted octanol–water partition coefficient (Wildman–Crippen LogP) is 0.328. The molecular weight excluding hydrogens is 260 g/mol. The average molecular weight is 278 g/mol. The molecule has 6 heteroatoms. The zero-order chi connectivity index (χ0) is 14.5. The first-order valence-electron chi connectivity index (χ1n) is 6.43. The number of hydrogen-bond donors (Lipinski definition) is 2. The number of ether oxygens (including phenoxy) is 1. The fourth-order valence-corrected chi connectivity index (χ4v) is 2.10. The summed E-state index contributed by atoms with van der Waals surface area (Å²) < 4.78 is 5.11. The van der Waals surface area contributed by atoms with Crippen LogP contribution in [-0.4, -0.2) is 48.6 Å². The molecule has 0 aliphatic carbocycles. The number of rotatable bonds is 6. The molecule has 2 N–H and O–H groups in total. The van der Waals surface area contributed by atoms with Gasteiger partial charge in [0.15, 0.2) is 0 Å². The standard InChI is InChI=1S/C14H18N2O4/c1-20-12-4-2-3-10(5-12)6-15-13(17)9-16-7-11(8-16)14(18)19/h2-5,11H,6-9H2,1H3,(H,15,17)(H,18,19). The molecule has 108 valence electrons. The Morgan fingerprint density at radius 1 is 1.45 bits per heavy atom. The van der Waals surface area contributed by atoms with Gasteiger partial charge in [-0.1, -0.05) is 12.1 Å². The summed E-state index contributed by atoms with van der Waals surface area (Å²) in [4.78, 5) is 24.2. The SMILES string of the molecule is COc1cccc(CNC(=O)CN2CC(C(=O)O)C2)c1. The van der Waals surface area contributed by atoms with Crippen molar-refractivity contribution >= 4 is 11.9 Å². The van der Waals surface area contributed by atoms with Crippen molar-refractivity contribution in [1.29, 1.82) is 0 Å². The lowest BCUT2D eigenvalue weighted by Crippen LogP contribution is -2.53. The second-order valence-electron chi connectivity index (χ2n) is 4.86. The molecule has 0 aromatic heterocycles. The maximum absolute atomic E-state index is 11.7. The third-order valence-electron chi connectivity index (χ3n) is 3.30. The van der Waals surface area contributed by atoms with Crippen molar-refractivity contribution in [3.05, 3.63) is 29.8 Å². The number of nitrogens with one attached hydrogen (secondary N) is 1. The Bertz CT molecular complexity index is 498. The first kappa shape index (κ1) is 14.3. The minimum absolute atomic E-state index is 0.100. The third kappa shape index (κ3) is 3.71. The second kappa shape index (κ2) is 6.38. The summed E-state index contributed by atoms with van der Waals surface area (Å²) in [5.74, 6) is -0.473. The molecule has 20 heavy (non-hydrogen) atoms. The number of carbonyl (C=O) groups is 2. The summed E-state index contributed by atoms with van der Waals surface area (Å²) in [6.07, 6.45) is 0. The van der Waals surface area contributed by atoms with Gasteiger partial charge in [-0.25, -0.2) is 0 Å². The molecule has 0 atom stereocenters. The highest BCUT2D eigenvalue weighted by Gasteiger charge is 2.33. The number of nitrogens with zero attached hydrogens (tertiary/aromatic N) is 1. The van der Waals surface area contributed by atoms with E-state index in [9.17, 15) is 9.59 Å². The molecule has 0 radical (unpaired) electrons. The molecule has 2 rings (SSSR count). The van der Waals surface area contributed by atoms with Crippen LogP contribution in [0.1, 0.15) is 5.56 Å². The molecule has 1 aliphatic heterocycles. The van der Waals surface area contributed by atoms with Crippen molar-refractivity contribution in [3.8, 4) is 5.75 Å². The number of carboxylic acids is 1. The number of carbonyl (C=O) groups excluding carboxylic acids is 1. The van der Waals surface area contributed by atoms with Crippen LogP contribution in [0, 0.1) is 5.92 Å². The van der Waals surface area contributed by atoms with Crippen LogP contribution in [0.5, 0.6) is 5.75 Å². The minimum Gasteiger partial charge on any atom is -0.497 e. The van der Waals surface area contributed by atoms with Crippen molar-refractivity contribution in [1.82, 2.24) is 10.2 Å². The number of methoxy groups -OCH3 is 1. The lowest BCUT2D eigenvalue weighted by Gasteiger charge is -2.35. The predicted molar refractivity (Wildman–Crippen MR) is 72.4 cm³/mol. The number of benzene rings is 1. The lowest BCUT2D eigenvalue weighted by atomic mass is 10.0. The summed E-state index contributed by atoms with van der Waals surface area (Å²) in [7, 11) is 1.60. The van der Waals surface area contributed by atoms with E-state index in [4.69, 9.17) is 9.84 Å². The molecule has 0 unspecified atom stereocenters. The molecular formula is C14H18N2O4. The van der Waals surface area contributed by atoms with Gasteiger partial charge in [-0.3, -0.25) is 14.5 Å². The molecule has 1 fully saturated rings. The van der Waals surface area contributed by atoms with Gasteiger partial charge in [0.25, 0.3) is 0 Å². The maximum Gasteiger partial charge on any atom is 0.309 e. The Morgan fingerprint density at radius 3 is 2.85 bits per heavy atom. The van der Waals surface area contributed by atoms with Crippen LogP contribution in [-0.2, 0) is 16.1 Å². The zero-order valence-corrected chi connectivity index (χ0v) is 11.3. The molecule has 1 aromatic carbocycles. The average Bonchev–Trinajstić information content (AvgIpc) is 2.40. The second-order valence-corrected chi connectivity index (χ2v) is 4.86.